The van der Waals surface area contributed by atoms with Gasteiger partial charge < -0.3 is 14.7 Å². The normalized spacial score (nSPS) is 12.5. The van der Waals surface area contributed by atoms with Crippen molar-refractivity contribution in [3.63, 3.8) is 0 Å². The van der Waals surface area contributed by atoms with Gasteiger partial charge in [-0.15, -0.1) is 0 Å². The highest BCUT2D eigenvalue weighted by Crippen LogP contribution is 2.18. The van der Waals surface area contributed by atoms with Gasteiger partial charge in [-0.1, -0.05) is 13.0 Å². The van der Waals surface area contributed by atoms with E-state index in [9.17, 15) is 9.18 Å². The molecule has 1 aromatic rings. The van der Waals surface area contributed by atoms with Crippen LogP contribution >= 0.6 is 0 Å². The second-order valence-electron chi connectivity index (χ2n) is 4.61. The fourth-order valence-corrected chi connectivity index (χ4v) is 1.94. The second kappa shape index (κ2) is 7.09. The van der Waals surface area contributed by atoms with Crippen LogP contribution in [0.5, 0.6) is 5.75 Å². The molecule has 1 unspecified atom stereocenters. The molecule has 0 amide bonds. The van der Waals surface area contributed by atoms with Crippen LogP contribution in [0, 0.1) is 11.7 Å². The minimum absolute atomic E-state index is 0.211. The zero-order chi connectivity index (χ0) is 14.4. The molecule has 19 heavy (non-hydrogen) atoms. The molecule has 1 rings (SSSR count). The molecule has 0 fully saturated rings. The standard InChI is InChI=1S/C14H20FNO3/c1-4-11(14(17)18)9-16(2)8-10-5-6-13(19-3)12(15)7-10/h5-7,11H,4,8-9H2,1-3H3,(H,17,18). The van der Waals surface area contributed by atoms with Crippen LogP contribution in [-0.2, 0) is 11.3 Å². The van der Waals surface area contributed by atoms with E-state index in [0.717, 1.165) is 5.56 Å². The van der Waals surface area contributed by atoms with Crippen LogP contribution in [0.4, 0.5) is 4.39 Å². The van der Waals surface area contributed by atoms with E-state index in [1.165, 1.54) is 13.2 Å². The van der Waals surface area contributed by atoms with Crippen molar-refractivity contribution in [1.82, 2.24) is 4.90 Å². The van der Waals surface area contributed by atoms with Crippen molar-refractivity contribution in [1.29, 1.82) is 0 Å². The summed E-state index contributed by atoms with van der Waals surface area (Å²) in [6.45, 7) is 2.80. The number of methoxy groups -OCH3 is 1. The van der Waals surface area contributed by atoms with Crippen molar-refractivity contribution in [2.75, 3.05) is 20.7 Å². The van der Waals surface area contributed by atoms with Gasteiger partial charge >= 0.3 is 5.97 Å². The molecular formula is C14H20FNO3. The lowest BCUT2D eigenvalue weighted by molar-refractivity contribution is -0.142. The number of hydrogen-bond donors (Lipinski definition) is 1. The average Bonchev–Trinajstić information content (AvgIpc) is 2.35. The molecule has 0 heterocycles. The average molecular weight is 269 g/mol. The summed E-state index contributed by atoms with van der Waals surface area (Å²) in [6, 6.07) is 4.77. The van der Waals surface area contributed by atoms with Crippen molar-refractivity contribution in [2.45, 2.75) is 19.9 Å². The summed E-state index contributed by atoms with van der Waals surface area (Å²) in [5, 5.41) is 9.00. The number of nitrogens with zero attached hydrogens (tertiary/aromatic N) is 1. The first-order chi connectivity index (χ1) is 8.97. The Bertz CT molecular complexity index is 437. The van der Waals surface area contributed by atoms with Gasteiger partial charge in [0.15, 0.2) is 11.6 Å². The van der Waals surface area contributed by atoms with E-state index in [-0.39, 0.29) is 5.75 Å². The lowest BCUT2D eigenvalue weighted by Gasteiger charge is -2.20. The maximum absolute atomic E-state index is 13.5. The first-order valence-corrected chi connectivity index (χ1v) is 6.21. The second-order valence-corrected chi connectivity index (χ2v) is 4.61. The largest absolute Gasteiger partial charge is 0.494 e. The first-order valence-electron chi connectivity index (χ1n) is 6.21. The Kier molecular flexibility index (Phi) is 5.76. The Labute approximate surface area is 112 Å². The number of carboxylic acids is 1. The molecule has 0 saturated carbocycles. The minimum Gasteiger partial charge on any atom is -0.494 e. The van der Waals surface area contributed by atoms with E-state index in [4.69, 9.17) is 9.84 Å². The fourth-order valence-electron chi connectivity index (χ4n) is 1.94. The third-order valence-corrected chi connectivity index (χ3v) is 3.04. The summed E-state index contributed by atoms with van der Waals surface area (Å²) >= 11 is 0. The van der Waals surface area contributed by atoms with Crippen molar-refractivity contribution in [3.05, 3.63) is 29.6 Å². The summed E-state index contributed by atoms with van der Waals surface area (Å²) in [6.07, 6.45) is 0.580. The number of rotatable bonds is 7. The van der Waals surface area contributed by atoms with Crippen molar-refractivity contribution >= 4 is 5.97 Å². The van der Waals surface area contributed by atoms with E-state index in [2.05, 4.69) is 0 Å². The van der Waals surface area contributed by atoms with Gasteiger partial charge in [-0.05, 0) is 31.2 Å². The molecular weight excluding hydrogens is 249 g/mol. The van der Waals surface area contributed by atoms with Crippen molar-refractivity contribution < 1.29 is 19.0 Å². The number of ether oxygens (including phenoxy) is 1. The van der Waals surface area contributed by atoms with Crippen LogP contribution in [0.15, 0.2) is 18.2 Å². The van der Waals surface area contributed by atoms with Crippen molar-refractivity contribution in [3.8, 4) is 5.75 Å². The molecule has 4 nitrogen and oxygen atoms in total. The maximum Gasteiger partial charge on any atom is 0.307 e. The first kappa shape index (κ1) is 15.4. The number of carbonyl (C=O) groups is 1. The third kappa shape index (κ3) is 4.52. The number of aliphatic carboxylic acids is 1. The molecule has 0 aliphatic heterocycles. The predicted molar refractivity (Wildman–Crippen MR) is 70.7 cm³/mol. The Morgan fingerprint density at radius 3 is 2.68 bits per heavy atom. The summed E-state index contributed by atoms with van der Waals surface area (Å²) in [5.74, 6) is -1.38. The summed E-state index contributed by atoms with van der Waals surface area (Å²) < 4.78 is 18.4. The Morgan fingerprint density at radius 1 is 1.53 bits per heavy atom. The van der Waals surface area contributed by atoms with Crippen LogP contribution in [-0.4, -0.2) is 36.7 Å². The molecule has 0 bridgehead atoms. The Morgan fingerprint density at radius 2 is 2.21 bits per heavy atom. The number of hydrogen-bond acceptors (Lipinski definition) is 3. The zero-order valence-electron chi connectivity index (χ0n) is 11.5. The van der Waals surface area contributed by atoms with E-state index in [1.807, 2.05) is 18.9 Å². The van der Waals surface area contributed by atoms with Gasteiger partial charge in [-0.25, -0.2) is 4.39 Å². The molecule has 5 heteroatoms. The summed E-state index contributed by atoms with van der Waals surface area (Å²) in [5.41, 5.74) is 0.793. The van der Waals surface area contributed by atoms with Gasteiger partial charge in [-0.2, -0.15) is 0 Å². The van der Waals surface area contributed by atoms with E-state index in [0.29, 0.717) is 19.5 Å². The van der Waals surface area contributed by atoms with Gasteiger partial charge in [0.05, 0.1) is 13.0 Å². The quantitative estimate of drug-likeness (QED) is 0.825. The number of carboxylic acid groups (broad SMARTS) is 1. The topological polar surface area (TPSA) is 49.8 Å². The van der Waals surface area contributed by atoms with Gasteiger partial charge in [0.2, 0.25) is 0 Å². The molecule has 1 N–H and O–H groups in total. The summed E-state index contributed by atoms with van der Waals surface area (Å²) in [4.78, 5) is 12.8. The zero-order valence-corrected chi connectivity index (χ0v) is 11.5. The predicted octanol–water partition coefficient (Wildman–Crippen LogP) is 2.38. The Balaban J connectivity index is 2.64. The van der Waals surface area contributed by atoms with Crippen molar-refractivity contribution in [2.24, 2.45) is 5.92 Å². The maximum atomic E-state index is 13.5. The molecule has 1 aromatic carbocycles. The molecule has 106 valence electrons. The lowest BCUT2D eigenvalue weighted by atomic mass is 10.1. The van der Waals surface area contributed by atoms with Crippen LogP contribution < -0.4 is 4.74 Å². The van der Waals surface area contributed by atoms with Crippen LogP contribution in [0.25, 0.3) is 0 Å². The summed E-state index contributed by atoms with van der Waals surface area (Å²) in [7, 11) is 3.25. The van der Waals surface area contributed by atoms with Gasteiger partial charge in [0.25, 0.3) is 0 Å². The SMILES string of the molecule is CCC(CN(C)Cc1ccc(OC)c(F)c1)C(=O)O. The highest BCUT2D eigenvalue weighted by molar-refractivity contribution is 5.70. The lowest BCUT2D eigenvalue weighted by Crippen LogP contribution is -2.29. The number of halogens is 1. The highest BCUT2D eigenvalue weighted by Gasteiger charge is 2.17. The number of benzene rings is 1. The van der Waals surface area contributed by atoms with Crippen LogP contribution in [0.2, 0.25) is 0 Å². The van der Waals surface area contributed by atoms with Crippen LogP contribution in [0.3, 0.4) is 0 Å². The van der Waals surface area contributed by atoms with Gasteiger partial charge in [0, 0.05) is 13.1 Å². The van der Waals surface area contributed by atoms with Crippen LogP contribution in [0.1, 0.15) is 18.9 Å². The molecule has 0 saturated heterocycles. The third-order valence-electron chi connectivity index (χ3n) is 3.04. The molecule has 0 radical (unpaired) electrons. The molecule has 0 aliphatic carbocycles. The van der Waals surface area contributed by atoms with E-state index in [1.54, 1.807) is 12.1 Å². The fraction of sp³-hybridized carbons (Fsp3) is 0.500. The Hall–Kier alpha value is -1.62. The minimum atomic E-state index is -0.796. The smallest absolute Gasteiger partial charge is 0.307 e. The van der Waals surface area contributed by atoms with E-state index >= 15 is 0 Å². The molecule has 0 aliphatic rings. The monoisotopic (exact) mass is 269 g/mol. The molecule has 0 spiro atoms. The van der Waals surface area contributed by atoms with E-state index < -0.39 is 17.7 Å². The highest BCUT2D eigenvalue weighted by atomic mass is 19.1. The molecule has 1 atom stereocenters. The van der Waals surface area contributed by atoms with Gasteiger partial charge in [0.1, 0.15) is 0 Å². The van der Waals surface area contributed by atoms with Gasteiger partial charge in [-0.3, -0.25) is 4.79 Å². The molecule has 0 aromatic heterocycles.